The van der Waals surface area contributed by atoms with Crippen LogP contribution in [0.15, 0.2) is 24.3 Å². The van der Waals surface area contributed by atoms with Crippen molar-refractivity contribution in [2.45, 2.75) is 52.2 Å². The van der Waals surface area contributed by atoms with Crippen molar-refractivity contribution in [3.05, 3.63) is 29.8 Å². The van der Waals surface area contributed by atoms with E-state index in [1.54, 1.807) is 0 Å². The van der Waals surface area contributed by atoms with Gasteiger partial charge in [0.05, 0.1) is 6.10 Å². The summed E-state index contributed by atoms with van der Waals surface area (Å²) in [6, 6.07) is 8.46. The molecular weight excluding hydrogens is 234 g/mol. The van der Waals surface area contributed by atoms with E-state index in [-0.39, 0.29) is 6.10 Å². The van der Waals surface area contributed by atoms with E-state index in [0.717, 1.165) is 18.2 Å². The molecule has 0 aromatic heterocycles. The molecule has 0 spiro atoms. The lowest BCUT2D eigenvalue weighted by Crippen LogP contribution is -2.25. The maximum absolute atomic E-state index is 5.73. The van der Waals surface area contributed by atoms with Crippen LogP contribution in [0.1, 0.15) is 45.1 Å². The van der Waals surface area contributed by atoms with Crippen molar-refractivity contribution in [2.24, 2.45) is 11.3 Å². The predicted octanol–water partition coefficient (Wildman–Crippen LogP) is 3.75. The molecule has 0 amide bonds. The highest BCUT2D eigenvalue weighted by molar-refractivity contribution is 5.28. The number of benzene rings is 1. The average molecular weight is 259 g/mol. The smallest absolute Gasteiger partial charge is 0.120 e. The molecule has 2 aliphatic carbocycles. The van der Waals surface area contributed by atoms with Crippen molar-refractivity contribution in [3.63, 3.8) is 0 Å². The van der Waals surface area contributed by atoms with Crippen LogP contribution < -0.4 is 10.1 Å². The third-order valence-electron chi connectivity index (χ3n) is 4.41. The standard InChI is InChI=1S/C17H25NO/c1-13(2)19-16-5-3-4-14(10-16)11-18-12-17(8-9-17)15-6-7-15/h3-5,10,13,15,18H,6-9,11-12H2,1-2H3. The van der Waals surface area contributed by atoms with Crippen LogP contribution in [0.4, 0.5) is 0 Å². The molecular formula is C17H25NO. The van der Waals surface area contributed by atoms with E-state index in [1.165, 1.54) is 37.8 Å². The Bertz CT molecular complexity index is 433. The minimum Gasteiger partial charge on any atom is -0.491 e. The van der Waals surface area contributed by atoms with E-state index in [1.807, 2.05) is 6.07 Å². The highest BCUT2D eigenvalue weighted by Gasteiger charge is 2.53. The molecule has 3 rings (SSSR count). The average Bonchev–Trinajstić information content (AvgIpc) is 3.23. The lowest BCUT2D eigenvalue weighted by atomic mass is 10.0. The lowest BCUT2D eigenvalue weighted by Gasteiger charge is -2.15. The molecule has 0 saturated heterocycles. The summed E-state index contributed by atoms with van der Waals surface area (Å²) in [5.41, 5.74) is 2.01. The van der Waals surface area contributed by atoms with Crippen molar-refractivity contribution >= 4 is 0 Å². The van der Waals surface area contributed by atoms with Gasteiger partial charge in [0.25, 0.3) is 0 Å². The molecule has 0 bridgehead atoms. The molecule has 0 atom stereocenters. The maximum Gasteiger partial charge on any atom is 0.120 e. The quantitative estimate of drug-likeness (QED) is 0.805. The zero-order chi connectivity index (χ0) is 13.3. The Hall–Kier alpha value is -1.02. The molecule has 1 N–H and O–H groups in total. The summed E-state index contributed by atoms with van der Waals surface area (Å²) < 4.78 is 5.73. The highest BCUT2D eigenvalue weighted by Crippen LogP contribution is 2.60. The van der Waals surface area contributed by atoms with Gasteiger partial charge in [-0.15, -0.1) is 0 Å². The van der Waals surface area contributed by atoms with Gasteiger partial charge in [-0.25, -0.2) is 0 Å². The SMILES string of the molecule is CC(C)Oc1cccc(CNCC2(C3CC3)CC2)c1. The van der Waals surface area contributed by atoms with Crippen molar-refractivity contribution in [1.29, 1.82) is 0 Å². The Morgan fingerprint density at radius 3 is 2.74 bits per heavy atom. The minimum atomic E-state index is 0.243. The van der Waals surface area contributed by atoms with Crippen LogP contribution in [0.2, 0.25) is 0 Å². The van der Waals surface area contributed by atoms with Crippen LogP contribution in [0, 0.1) is 11.3 Å². The van der Waals surface area contributed by atoms with Gasteiger partial charge < -0.3 is 10.1 Å². The molecule has 2 nitrogen and oxygen atoms in total. The lowest BCUT2D eigenvalue weighted by molar-refractivity contribution is 0.242. The first-order valence-corrected chi connectivity index (χ1v) is 7.64. The highest BCUT2D eigenvalue weighted by atomic mass is 16.5. The number of hydrogen-bond acceptors (Lipinski definition) is 2. The monoisotopic (exact) mass is 259 g/mol. The molecule has 2 saturated carbocycles. The molecule has 0 heterocycles. The third kappa shape index (κ3) is 3.30. The molecule has 104 valence electrons. The van der Waals surface area contributed by atoms with E-state index < -0.39 is 0 Å². The predicted molar refractivity (Wildman–Crippen MR) is 78.3 cm³/mol. The largest absolute Gasteiger partial charge is 0.491 e. The van der Waals surface area contributed by atoms with Gasteiger partial charge in [-0.05, 0) is 68.6 Å². The second-order valence-electron chi connectivity index (χ2n) is 6.55. The van der Waals surface area contributed by atoms with E-state index in [4.69, 9.17) is 4.74 Å². The van der Waals surface area contributed by atoms with E-state index in [2.05, 4.69) is 37.4 Å². The van der Waals surface area contributed by atoms with Crippen molar-refractivity contribution in [1.82, 2.24) is 5.32 Å². The number of hydrogen-bond donors (Lipinski definition) is 1. The van der Waals surface area contributed by atoms with Gasteiger partial charge in [-0.1, -0.05) is 12.1 Å². The molecule has 2 aliphatic rings. The van der Waals surface area contributed by atoms with Crippen LogP contribution in [0.25, 0.3) is 0 Å². The van der Waals surface area contributed by atoms with Gasteiger partial charge in [0, 0.05) is 13.1 Å². The fourth-order valence-corrected chi connectivity index (χ4v) is 3.04. The summed E-state index contributed by atoms with van der Waals surface area (Å²) in [5, 5.41) is 3.65. The topological polar surface area (TPSA) is 21.3 Å². The van der Waals surface area contributed by atoms with Gasteiger partial charge >= 0.3 is 0 Å². The van der Waals surface area contributed by atoms with Crippen molar-refractivity contribution < 1.29 is 4.74 Å². The molecule has 0 radical (unpaired) electrons. The summed E-state index contributed by atoms with van der Waals surface area (Å²) in [6.45, 7) is 6.30. The zero-order valence-corrected chi connectivity index (χ0v) is 12.1. The van der Waals surface area contributed by atoms with Crippen molar-refractivity contribution in [2.75, 3.05) is 6.54 Å². The van der Waals surface area contributed by atoms with Crippen molar-refractivity contribution in [3.8, 4) is 5.75 Å². The van der Waals surface area contributed by atoms with E-state index >= 15 is 0 Å². The number of ether oxygens (including phenoxy) is 1. The Morgan fingerprint density at radius 1 is 1.32 bits per heavy atom. The van der Waals surface area contributed by atoms with Gasteiger partial charge in [0.1, 0.15) is 5.75 Å². The summed E-state index contributed by atoms with van der Waals surface area (Å²) in [6.07, 6.45) is 6.08. The van der Waals surface area contributed by atoms with Gasteiger partial charge in [-0.2, -0.15) is 0 Å². The Labute approximate surface area is 116 Å². The minimum absolute atomic E-state index is 0.243. The van der Waals surface area contributed by atoms with E-state index in [9.17, 15) is 0 Å². The normalized spacial score (nSPS) is 20.6. The summed E-state index contributed by atoms with van der Waals surface area (Å²) in [5.74, 6) is 2.02. The second-order valence-corrected chi connectivity index (χ2v) is 6.55. The van der Waals surface area contributed by atoms with Gasteiger partial charge in [-0.3, -0.25) is 0 Å². The maximum atomic E-state index is 5.73. The van der Waals surface area contributed by atoms with Gasteiger partial charge in [0.15, 0.2) is 0 Å². The first-order chi connectivity index (χ1) is 9.18. The zero-order valence-electron chi connectivity index (χ0n) is 12.1. The third-order valence-corrected chi connectivity index (χ3v) is 4.41. The molecule has 1 aromatic carbocycles. The fourth-order valence-electron chi connectivity index (χ4n) is 3.04. The number of nitrogens with one attached hydrogen (secondary N) is 1. The fraction of sp³-hybridized carbons (Fsp3) is 0.647. The first-order valence-electron chi connectivity index (χ1n) is 7.64. The van der Waals surface area contributed by atoms with Crippen LogP contribution in [0.5, 0.6) is 5.75 Å². The van der Waals surface area contributed by atoms with Gasteiger partial charge in [0.2, 0.25) is 0 Å². The Kier molecular flexibility index (Phi) is 3.53. The molecule has 0 aliphatic heterocycles. The van der Waals surface area contributed by atoms with Crippen LogP contribution in [-0.4, -0.2) is 12.6 Å². The molecule has 0 unspecified atom stereocenters. The summed E-state index contributed by atoms with van der Waals surface area (Å²) in [4.78, 5) is 0. The molecule has 2 heteroatoms. The van der Waals surface area contributed by atoms with E-state index in [0.29, 0.717) is 5.41 Å². The molecule has 2 fully saturated rings. The second kappa shape index (κ2) is 5.16. The summed E-state index contributed by atoms with van der Waals surface area (Å²) >= 11 is 0. The van der Waals surface area contributed by atoms with Crippen LogP contribution in [0.3, 0.4) is 0 Å². The molecule has 19 heavy (non-hydrogen) atoms. The Morgan fingerprint density at radius 2 is 2.11 bits per heavy atom. The van der Waals surface area contributed by atoms with Crippen LogP contribution >= 0.6 is 0 Å². The number of rotatable bonds is 7. The molecule has 1 aromatic rings. The first kappa shape index (κ1) is 13.0. The summed E-state index contributed by atoms with van der Waals surface area (Å²) in [7, 11) is 0. The Balaban J connectivity index is 1.49. The van der Waals surface area contributed by atoms with Crippen LogP contribution in [-0.2, 0) is 6.54 Å².